The summed E-state index contributed by atoms with van der Waals surface area (Å²) in [5.41, 5.74) is 1.91. The number of aryl methyl sites for hydroxylation is 1. The number of halogens is 2. The topological polar surface area (TPSA) is 41.1 Å². The van der Waals surface area contributed by atoms with Gasteiger partial charge in [-0.25, -0.2) is 0 Å². The predicted octanol–water partition coefficient (Wildman–Crippen LogP) is 2.50. The quantitative estimate of drug-likeness (QED) is 0.774. The van der Waals surface area contributed by atoms with Crippen LogP contribution in [-0.4, -0.2) is 25.0 Å². The van der Waals surface area contributed by atoms with E-state index < -0.39 is 0 Å². The van der Waals surface area contributed by atoms with Gasteiger partial charge in [-0.3, -0.25) is 4.79 Å². The monoisotopic (exact) mass is 380 g/mol. The largest absolute Gasteiger partial charge is 0.348 e. The maximum atomic E-state index is 12.1. The van der Waals surface area contributed by atoms with Crippen LogP contribution in [0.3, 0.4) is 0 Å². The van der Waals surface area contributed by atoms with Crippen LogP contribution in [0.25, 0.3) is 0 Å². The van der Waals surface area contributed by atoms with Gasteiger partial charge in [-0.05, 0) is 61.0 Å². The first-order valence-corrected chi connectivity index (χ1v) is 7.02. The summed E-state index contributed by atoms with van der Waals surface area (Å²) in [7, 11) is 0. The highest BCUT2D eigenvalue weighted by Gasteiger charge is 2.17. The number of carbonyl (C=O) groups excluding carboxylic acids is 1. The van der Waals surface area contributed by atoms with Gasteiger partial charge in [-0.2, -0.15) is 0 Å². The molecule has 1 aliphatic rings. The third-order valence-electron chi connectivity index (χ3n) is 3.00. The molecule has 1 aromatic carbocycles. The Hall–Kier alpha value is -0.330. The van der Waals surface area contributed by atoms with Crippen molar-refractivity contribution in [2.24, 2.45) is 0 Å². The summed E-state index contributed by atoms with van der Waals surface area (Å²) in [4.78, 5) is 12.1. The van der Waals surface area contributed by atoms with E-state index in [1.807, 2.05) is 25.1 Å². The van der Waals surface area contributed by atoms with Crippen molar-refractivity contribution in [3.63, 3.8) is 0 Å². The maximum Gasteiger partial charge on any atom is 0.252 e. The molecule has 2 N–H and O–H groups in total. The molecule has 5 heteroatoms. The van der Waals surface area contributed by atoms with Crippen LogP contribution in [0.4, 0.5) is 0 Å². The van der Waals surface area contributed by atoms with Gasteiger partial charge in [0.2, 0.25) is 0 Å². The molecule has 1 fully saturated rings. The average molecular weight is 381 g/mol. The zero-order chi connectivity index (χ0) is 12.3. The first kappa shape index (κ1) is 15.7. The van der Waals surface area contributed by atoms with Gasteiger partial charge in [0.1, 0.15) is 0 Å². The minimum Gasteiger partial charge on any atom is -0.348 e. The summed E-state index contributed by atoms with van der Waals surface area (Å²) in [6.07, 6.45) is 2.21. The van der Waals surface area contributed by atoms with Crippen LogP contribution in [0.5, 0.6) is 0 Å². The molecule has 3 nitrogen and oxygen atoms in total. The zero-order valence-electron chi connectivity index (χ0n) is 10.3. The van der Waals surface area contributed by atoms with Crippen LogP contribution in [-0.2, 0) is 0 Å². The molecular weight excluding hydrogens is 363 g/mol. The SMILES string of the molecule is Cc1ccc(I)c(C(=O)NC2CCCNC2)c1.Cl. The van der Waals surface area contributed by atoms with Gasteiger partial charge in [0.15, 0.2) is 0 Å². The van der Waals surface area contributed by atoms with Crippen molar-refractivity contribution in [1.82, 2.24) is 10.6 Å². The van der Waals surface area contributed by atoms with Gasteiger partial charge in [0.25, 0.3) is 5.91 Å². The van der Waals surface area contributed by atoms with Crippen molar-refractivity contribution in [3.05, 3.63) is 32.9 Å². The van der Waals surface area contributed by atoms with E-state index in [2.05, 4.69) is 33.2 Å². The first-order valence-electron chi connectivity index (χ1n) is 5.94. The fraction of sp³-hybridized carbons (Fsp3) is 0.462. The molecule has 100 valence electrons. The van der Waals surface area contributed by atoms with Gasteiger partial charge < -0.3 is 10.6 Å². The highest BCUT2D eigenvalue weighted by molar-refractivity contribution is 14.1. The Morgan fingerprint density at radius 2 is 2.28 bits per heavy atom. The van der Waals surface area contributed by atoms with Crippen molar-refractivity contribution in [3.8, 4) is 0 Å². The van der Waals surface area contributed by atoms with E-state index in [0.29, 0.717) is 0 Å². The number of hydrogen-bond donors (Lipinski definition) is 2. The fourth-order valence-electron chi connectivity index (χ4n) is 2.05. The molecule has 0 bridgehead atoms. The number of hydrogen-bond acceptors (Lipinski definition) is 2. The molecule has 1 amide bonds. The van der Waals surface area contributed by atoms with Crippen molar-refractivity contribution in [1.29, 1.82) is 0 Å². The van der Waals surface area contributed by atoms with Crippen LogP contribution in [0.1, 0.15) is 28.8 Å². The van der Waals surface area contributed by atoms with Crippen molar-refractivity contribution < 1.29 is 4.79 Å². The highest BCUT2D eigenvalue weighted by atomic mass is 127. The smallest absolute Gasteiger partial charge is 0.252 e. The number of carbonyl (C=O) groups is 1. The predicted molar refractivity (Wildman–Crippen MR) is 84.5 cm³/mol. The molecule has 0 radical (unpaired) electrons. The van der Waals surface area contributed by atoms with Crippen LogP contribution >= 0.6 is 35.0 Å². The first-order chi connectivity index (χ1) is 8.16. The number of rotatable bonds is 2. The zero-order valence-corrected chi connectivity index (χ0v) is 13.3. The standard InChI is InChI=1S/C13H17IN2O.ClH/c1-9-4-5-12(14)11(7-9)13(17)16-10-3-2-6-15-8-10;/h4-5,7,10,15H,2-3,6,8H2,1H3,(H,16,17);1H. The number of amides is 1. The fourth-order valence-corrected chi connectivity index (χ4v) is 2.63. The molecule has 18 heavy (non-hydrogen) atoms. The Morgan fingerprint density at radius 1 is 1.50 bits per heavy atom. The molecule has 1 heterocycles. The normalized spacial score (nSPS) is 18.9. The molecular formula is C13H18ClIN2O. The van der Waals surface area contributed by atoms with Gasteiger partial charge in [0.05, 0.1) is 5.56 Å². The summed E-state index contributed by atoms with van der Waals surface area (Å²) in [6, 6.07) is 6.24. The second kappa shape index (κ2) is 7.31. The Morgan fingerprint density at radius 3 is 2.94 bits per heavy atom. The minimum atomic E-state index is 0. The van der Waals surface area contributed by atoms with Gasteiger partial charge in [-0.15, -0.1) is 12.4 Å². The average Bonchev–Trinajstić information content (AvgIpc) is 2.33. The van der Waals surface area contributed by atoms with E-state index in [-0.39, 0.29) is 24.4 Å². The highest BCUT2D eigenvalue weighted by Crippen LogP contribution is 2.14. The van der Waals surface area contributed by atoms with E-state index in [9.17, 15) is 4.79 Å². The summed E-state index contributed by atoms with van der Waals surface area (Å²) in [5, 5.41) is 6.40. The number of benzene rings is 1. The molecule has 0 spiro atoms. The lowest BCUT2D eigenvalue weighted by atomic mass is 10.1. The van der Waals surface area contributed by atoms with Crippen LogP contribution in [0.2, 0.25) is 0 Å². The second-order valence-corrected chi connectivity index (χ2v) is 5.66. The third kappa shape index (κ3) is 4.10. The molecule has 0 aliphatic carbocycles. The summed E-state index contributed by atoms with van der Waals surface area (Å²) in [5.74, 6) is 0.0480. The molecule has 1 saturated heterocycles. The van der Waals surface area contributed by atoms with E-state index in [0.717, 1.165) is 40.6 Å². The summed E-state index contributed by atoms with van der Waals surface area (Å²) >= 11 is 2.21. The second-order valence-electron chi connectivity index (χ2n) is 4.50. The van der Waals surface area contributed by atoms with Gasteiger partial charge >= 0.3 is 0 Å². The molecule has 1 atom stereocenters. The lowest BCUT2D eigenvalue weighted by Gasteiger charge is -2.24. The van der Waals surface area contributed by atoms with E-state index in [1.165, 1.54) is 0 Å². The van der Waals surface area contributed by atoms with Crippen molar-refractivity contribution in [2.75, 3.05) is 13.1 Å². The summed E-state index contributed by atoms with van der Waals surface area (Å²) in [6.45, 7) is 3.96. The lowest BCUT2D eigenvalue weighted by Crippen LogP contribution is -2.45. The molecule has 2 rings (SSSR count). The lowest BCUT2D eigenvalue weighted by molar-refractivity contribution is 0.0929. The third-order valence-corrected chi connectivity index (χ3v) is 3.94. The van der Waals surface area contributed by atoms with Gasteiger partial charge in [-0.1, -0.05) is 11.6 Å². The molecule has 1 aliphatic heterocycles. The molecule has 1 unspecified atom stereocenters. The number of piperidine rings is 1. The molecule has 1 aromatic rings. The Bertz CT molecular complexity index is 419. The van der Waals surface area contributed by atoms with E-state index in [1.54, 1.807) is 0 Å². The molecule has 0 aromatic heterocycles. The van der Waals surface area contributed by atoms with Crippen molar-refractivity contribution in [2.45, 2.75) is 25.8 Å². The summed E-state index contributed by atoms with van der Waals surface area (Å²) < 4.78 is 1.01. The Kier molecular flexibility index (Phi) is 6.38. The van der Waals surface area contributed by atoms with Crippen LogP contribution in [0, 0.1) is 10.5 Å². The minimum absolute atomic E-state index is 0. The van der Waals surface area contributed by atoms with E-state index in [4.69, 9.17) is 0 Å². The Labute approximate surface area is 128 Å². The van der Waals surface area contributed by atoms with Crippen LogP contribution in [0.15, 0.2) is 18.2 Å². The maximum absolute atomic E-state index is 12.1. The van der Waals surface area contributed by atoms with E-state index >= 15 is 0 Å². The van der Waals surface area contributed by atoms with Crippen LogP contribution < -0.4 is 10.6 Å². The van der Waals surface area contributed by atoms with Crippen molar-refractivity contribution >= 4 is 40.9 Å². The number of nitrogens with one attached hydrogen (secondary N) is 2. The Balaban J connectivity index is 0.00000162. The molecule has 0 saturated carbocycles. The van der Waals surface area contributed by atoms with Gasteiger partial charge in [0, 0.05) is 16.2 Å².